The topological polar surface area (TPSA) is 83.6 Å². The van der Waals surface area contributed by atoms with Gasteiger partial charge in [0, 0.05) is 0 Å². The first kappa shape index (κ1) is 10.8. The number of carbonyl (C=O) groups is 1. The summed E-state index contributed by atoms with van der Waals surface area (Å²) >= 11 is 1.12. The number of H-pyrrole nitrogens is 1. The van der Waals surface area contributed by atoms with Crippen LogP contribution in [0.4, 0.5) is 10.3 Å². The predicted octanol–water partition coefficient (Wildman–Crippen LogP) is 1.81. The van der Waals surface area contributed by atoms with Crippen molar-refractivity contribution in [2.24, 2.45) is 0 Å². The molecule has 0 atom stereocenters. The number of amides is 1. The summed E-state index contributed by atoms with van der Waals surface area (Å²) in [5.41, 5.74) is 0.587. The lowest BCUT2D eigenvalue weighted by Crippen LogP contribution is -2.12. The number of rotatable bonds is 2. The summed E-state index contributed by atoms with van der Waals surface area (Å²) in [5.74, 6) is -0.521. The molecule has 0 bridgehead atoms. The van der Waals surface area contributed by atoms with Crippen LogP contribution in [0.2, 0.25) is 0 Å². The smallest absolute Gasteiger partial charge is 0.287 e. The van der Waals surface area contributed by atoms with Crippen LogP contribution in [0.1, 0.15) is 9.80 Å². The van der Waals surface area contributed by atoms with Gasteiger partial charge in [0.05, 0.1) is 10.2 Å². The Kier molecular flexibility index (Phi) is 2.49. The predicted molar refractivity (Wildman–Crippen MR) is 63.9 cm³/mol. The highest BCUT2D eigenvalue weighted by atomic mass is 32.1. The molecule has 0 aliphatic heterocycles. The van der Waals surface area contributed by atoms with Gasteiger partial charge in [-0.25, -0.2) is 14.5 Å². The van der Waals surface area contributed by atoms with E-state index in [4.69, 9.17) is 0 Å². The van der Waals surface area contributed by atoms with Crippen LogP contribution in [0.25, 0.3) is 10.2 Å². The second kappa shape index (κ2) is 4.15. The zero-order valence-electron chi connectivity index (χ0n) is 8.85. The van der Waals surface area contributed by atoms with Gasteiger partial charge in [-0.3, -0.25) is 10.1 Å². The van der Waals surface area contributed by atoms with E-state index in [9.17, 15) is 9.18 Å². The Balaban J connectivity index is 1.92. The fourth-order valence-corrected chi connectivity index (χ4v) is 2.31. The van der Waals surface area contributed by atoms with Crippen LogP contribution in [-0.2, 0) is 0 Å². The summed E-state index contributed by atoms with van der Waals surface area (Å²) in [5, 5.41) is 8.85. The molecule has 0 saturated heterocycles. The van der Waals surface area contributed by atoms with E-state index in [1.165, 1.54) is 24.5 Å². The molecule has 8 heteroatoms. The van der Waals surface area contributed by atoms with Crippen LogP contribution in [-0.4, -0.2) is 26.1 Å². The molecule has 18 heavy (non-hydrogen) atoms. The first-order chi connectivity index (χ1) is 8.72. The van der Waals surface area contributed by atoms with E-state index in [1.54, 1.807) is 0 Å². The van der Waals surface area contributed by atoms with Crippen molar-refractivity contribution in [2.45, 2.75) is 0 Å². The van der Waals surface area contributed by atoms with Crippen LogP contribution in [0, 0.1) is 5.82 Å². The molecule has 3 rings (SSSR count). The van der Waals surface area contributed by atoms with E-state index in [-0.39, 0.29) is 16.8 Å². The third-order valence-electron chi connectivity index (χ3n) is 2.19. The highest BCUT2D eigenvalue weighted by Crippen LogP contribution is 2.23. The Labute approximate surface area is 104 Å². The molecule has 1 aromatic carbocycles. The number of benzene rings is 1. The lowest BCUT2D eigenvalue weighted by Gasteiger charge is -1.95. The minimum Gasteiger partial charge on any atom is -0.289 e. The van der Waals surface area contributed by atoms with E-state index in [0.29, 0.717) is 10.2 Å². The molecule has 0 saturated carbocycles. The molecule has 2 aromatic heterocycles. The van der Waals surface area contributed by atoms with Crippen molar-refractivity contribution in [3.05, 3.63) is 35.4 Å². The van der Waals surface area contributed by atoms with Crippen molar-refractivity contribution in [1.82, 2.24) is 20.2 Å². The summed E-state index contributed by atoms with van der Waals surface area (Å²) in [6, 6.07) is 4.19. The van der Waals surface area contributed by atoms with Gasteiger partial charge < -0.3 is 0 Å². The highest BCUT2D eigenvalue weighted by molar-refractivity contribution is 7.20. The summed E-state index contributed by atoms with van der Waals surface area (Å²) in [6.45, 7) is 0. The van der Waals surface area contributed by atoms with Crippen LogP contribution in [0.3, 0.4) is 0 Å². The van der Waals surface area contributed by atoms with Crippen molar-refractivity contribution in [3.8, 4) is 0 Å². The fraction of sp³-hybridized carbons (Fsp3) is 0. The Morgan fingerprint density at radius 1 is 1.44 bits per heavy atom. The van der Waals surface area contributed by atoms with Gasteiger partial charge in [-0.2, -0.15) is 10.1 Å². The number of halogens is 1. The average Bonchev–Trinajstić information content (AvgIpc) is 2.96. The monoisotopic (exact) mass is 263 g/mol. The zero-order chi connectivity index (χ0) is 12.5. The molecule has 2 heterocycles. The van der Waals surface area contributed by atoms with Crippen molar-refractivity contribution >= 4 is 33.4 Å². The normalized spacial score (nSPS) is 10.7. The Hall–Kier alpha value is -2.35. The molecule has 90 valence electrons. The molecule has 0 fully saturated rings. The Morgan fingerprint density at radius 3 is 3.11 bits per heavy atom. The van der Waals surface area contributed by atoms with Gasteiger partial charge in [0.15, 0.2) is 5.01 Å². The number of aromatic nitrogens is 4. The molecular weight excluding hydrogens is 257 g/mol. The number of anilines is 1. The molecule has 0 unspecified atom stereocenters. The minimum absolute atomic E-state index is 0.241. The third kappa shape index (κ3) is 1.93. The summed E-state index contributed by atoms with van der Waals surface area (Å²) < 4.78 is 13.6. The third-order valence-corrected chi connectivity index (χ3v) is 3.21. The summed E-state index contributed by atoms with van der Waals surface area (Å²) in [4.78, 5) is 19.7. The average molecular weight is 263 g/mol. The molecular formula is C10H6FN5OS. The van der Waals surface area contributed by atoms with E-state index in [2.05, 4.69) is 25.5 Å². The van der Waals surface area contributed by atoms with Gasteiger partial charge in [-0.05, 0) is 18.2 Å². The van der Waals surface area contributed by atoms with Crippen molar-refractivity contribution in [2.75, 3.05) is 5.32 Å². The lowest BCUT2D eigenvalue weighted by molar-refractivity contribution is 0.102. The first-order valence-electron chi connectivity index (χ1n) is 4.95. The number of fused-ring (bicyclic) bond motifs is 1. The van der Waals surface area contributed by atoms with Gasteiger partial charge in [-0.1, -0.05) is 0 Å². The summed E-state index contributed by atoms with van der Waals surface area (Å²) in [7, 11) is 0. The van der Waals surface area contributed by atoms with Crippen molar-refractivity contribution in [3.63, 3.8) is 0 Å². The maximum absolute atomic E-state index is 13.0. The molecule has 0 spiro atoms. The molecule has 0 radical (unpaired) electrons. The molecule has 2 N–H and O–H groups in total. The Bertz CT molecular complexity index is 708. The maximum Gasteiger partial charge on any atom is 0.287 e. The van der Waals surface area contributed by atoms with E-state index in [1.807, 2.05) is 0 Å². The lowest BCUT2D eigenvalue weighted by atomic mass is 10.3. The van der Waals surface area contributed by atoms with Crippen LogP contribution < -0.4 is 5.32 Å². The fourth-order valence-electron chi connectivity index (χ4n) is 1.42. The van der Waals surface area contributed by atoms with Crippen LogP contribution in [0.15, 0.2) is 24.5 Å². The molecule has 0 aliphatic rings. The van der Waals surface area contributed by atoms with Gasteiger partial charge in [0.1, 0.15) is 12.1 Å². The van der Waals surface area contributed by atoms with Crippen molar-refractivity contribution < 1.29 is 9.18 Å². The largest absolute Gasteiger partial charge is 0.289 e. The number of hydrogen-bond donors (Lipinski definition) is 2. The molecule has 3 aromatic rings. The Morgan fingerprint density at radius 2 is 2.33 bits per heavy atom. The number of thiazole rings is 1. The number of nitrogens with zero attached hydrogens (tertiary/aromatic N) is 3. The summed E-state index contributed by atoms with van der Waals surface area (Å²) in [6.07, 6.45) is 1.28. The molecule has 1 amide bonds. The maximum atomic E-state index is 13.0. The SMILES string of the molecule is O=C(Nc1ncn[nH]1)c1nc2ccc(F)cc2s1. The van der Waals surface area contributed by atoms with Gasteiger partial charge in [0.2, 0.25) is 5.95 Å². The van der Waals surface area contributed by atoms with E-state index >= 15 is 0 Å². The molecule has 0 aliphatic carbocycles. The standard InChI is InChI=1S/C10H6FN5OS/c11-5-1-2-6-7(3-5)18-9(14-6)8(17)15-10-12-4-13-16-10/h1-4H,(H2,12,13,15,16,17). The second-order valence-corrected chi connectivity index (χ2v) is 4.45. The van der Waals surface area contributed by atoms with Gasteiger partial charge >= 0.3 is 0 Å². The number of aromatic amines is 1. The number of hydrogen-bond acceptors (Lipinski definition) is 5. The number of carbonyl (C=O) groups excluding carboxylic acids is 1. The minimum atomic E-state index is -0.409. The van der Waals surface area contributed by atoms with Crippen molar-refractivity contribution in [1.29, 1.82) is 0 Å². The zero-order valence-corrected chi connectivity index (χ0v) is 9.66. The van der Waals surface area contributed by atoms with Gasteiger partial charge in [0.25, 0.3) is 5.91 Å². The highest BCUT2D eigenvalue weighted by Gasteiger charge is 2.13. The van der Waals surface area contributed by atoms with Crippen LogP contribution >= 0.6 is 11.3 Å². The van der Waals surface area contributed by atoms with E-state index < -0.39 is 5.91 Å². The quantitative estimate of drug-likeness (QED) is 0.738. The number of nitrogens with one attached hydrogen (secondary N) is 2. The molecule has 6 nitrogen and oxygen atoms in total. The van der Waals surface area contributed by atoms with E-state index in [0.717, 1.165) is 11.3 Å². The first-order valence-corrected chi connectivity index (χ1v) is 5.77. The van der Waals surface area contributed by atoms with Gasteiger partial charge in [-0.15, -0.1) is 11.3 Å². The second-order valence-electron chi connectivity index (χ2n) is 3.42. The van der Waals surface area contributed by atoms with Crippen LogP contribution in [0.5, 0.6) is 0 Å².